The van der Waals surface area contributed by atoms with Crippen molar-refractivity contribution in [2.45, 2.75) is 6.67 Å². The highest BCUT2D eigenvalue weighted by molar-refractivity contribution is 6.33. The summed E-state index contributed by atoms with van der Waals surface area (Å²) in [6.45, 7) is 0.508. The maximum absolute atomic E-state index is 13.9. The monoisotopic (exact) mass is 609 g/mol. The SMILES string of the molecule is COc1ccc(/C=C2/N=C(c3ccccc3)N(c3ccc(-c4nc5ccccc5n4CNc4ccc(Cl)cc4)cc3)C2=O)cc1. The Labute approximate surface area is 265 Å². The van der Waals surface area contributed by atoms with Gasteiger partial charge in [0.15, 0.2) is 0 Å². The maximum Gasteiger partial charge on any atom is 0.282 e. The molecule has 0 radical (unpaired) electrons. The average molecular weight is 610 g/mol. The van der Waals surface area contributed by atoms with Crippen LogP contribution in [0.25, 0.3) is 28.5 Å². The minimum Gasteiger partial charge on any atom is -0.497 e. The van der Waals surface area contributed by atoms with Crippen molar-refractivity contribution >= 4 is 51.8 Å². The molecule has 1 aliphatic rings. The molecule has 1 aliphatic heterocycles. The number of benzene rings is 5. The van der Waals surface area contributed by atoms with Gasteiger partial charge < -0.3 is 14.6 Å². The van der Waals surface area contributed by atoms with E-state index in [4.69, 9.17) is 26.3 Å². The number of nitrogens with one attached hydrogen (secondary N) is 1. The summed E-state index contributed by atoms with van der Waals surface area (Å²) in [6, 6.07) is 40.9. The minimum absolute atomic E-state index is 0.197. The predicted molar refractivity (Wildman–Crippen MR) is 182 cm³/mol. The highest BCUT2D eigenvalue weighted by atomic mass is 35.5. The number of fused-ring (bicyclic) bond motifs is 1. The van der Waals surface area contributed by atoms with Crippen molar-refractivity contribution in [2.24, 2.45) is 4.99 Å². The number of carbonyl (C=O) groups excluding carboxylic acids is 1. The van der Waals surface area contributed by atoms with Crippen LogP contribution in [0.5, 0.6) is 5.75 Å². The van der Waals surface area contributed by atoms with Gasteiger partial charge in [-0.1, -0.05) is 66.2 Å². The number of nitrogens with zero attached hydrogens (tertiary/aromatic N) is 4. The van der Waals surface area contributed by atoms with E-state index in [-0.39, 0.29) is 5.91 Å². The van der Waals surface area contributed by atoms with Gasteiger partial charge in [0.1, 0.15) is 23.1 Å². The zero-order valence-electron chi connectivity index (χ0n) is 24.4. The number of hydrogen-bond acceptors (Lipinski definition) is 5. The number of amidine groups is 1. The molecule has 6 aromatic rings. The van der Waals surface area contributed by atoms with Crippen LogP contribution in [-0.2, 0) is 11.5 Å². The van der Waals surface area contributed by atoms with E-state index in [0.29, 0.717) is 28.9 Å². The summed E-state index contributed by atoms with van der Waals surface area (Å²) in [7, 11) is 1.63. The molecule has 45 heavy (non-hydrogen) atoms. The number of amides is 1. The van der Waals surface area contributed by atoms with Crippen LogP contribution in [0.3, 0.4) is 0 Å². The van der Waals surface area contributed by atoms with Gasteiger partial charge in [0, 0.05) is 21.8 Å². The molecule has 0 aliphatic carbocycles. The van der Waals surface area contributed by atoms with Gasteiger partial charge in [-0.3, -0.25) is 9.69 Å². The Hall–Kier alpha value is -5.66. The van der Waals surface area contributed by atoms with Crippen LogP contribution in [-0.4, -0.2) is 28.4 Å². The van der Waals surface area contributed by atoms with Crippen LogP contribution in [0.1, 0.15) is 11.1 Å². The second-order valence-electron chi connectivity index (χ2n) is 10.5. The Kier molecular flexibility index (Phi) is 7.59. The molecular weight excluding hydrogens is 582 g/mol. The molecule has 1 amide bonds. The quantitative estimate of drug-likeness (QED) is 0.176. The van der Waals surface area contributed by atoms with Crippen LogP contribution >= 0.6 is 11.6 Å². The van der Waals surface area contributed by atoms with Crippen LogP contribution < -0.4 is 15.0 Å². The van der Waals surface area contributed by atoms with Crippen LogP contribution in [0.4, 0.5) is 11.4 Å². The highest BCUT2D eigenvalue weighted by Gasteiger charge is 2.32. The summed E-state index contributed by atoms with van der Waals surface area (Å²) >= 11 is 6.08. The summed E-state index contributed by atoms with van der Waals surface area (Å²) in [5.74, 6) is 1.94. The number of anilines is 2. The Balaban J connectivity index is 1.23. The van der Waals surface area contributed by atoms with Gasteiger partial charge in [-0.2, -0.15) is 0 Å². The van der Waals surface area contributed by atoms with Crippen molar-refractivity contribution in [3.63, 3.8) is 0 Å². The van der Waals surface area contributed by atoms with E-state index in [1.807, 2.05) is 121 Å². The van der Waals surface area contributed by atoms with Crippen LogP contribution in [0.15, 0.2) is 138 Å². The molecule has 0 bridgehead atoms. The van der Waals surface area contributed by atoms with Gasteiger partial charge in [0.05, 0.1) is 30.5 Å². The first-order valence-electron chi connectivity index (χ1n) is 14.5. The zero-order valence-corrected chi connectivity index (χ0v) is 25.1. The Morgan fingerprint density at radius 3 is 2.24 bits per heavy atom. The lowest BCUT2D eigenvalue weighted by atomic mass is 10.1. The van der Waals surface area contributed by atoms with Gasteiger partial charge >= 0.3 is 0 Å². The lowest BCUT2D eigenvalue weighted by Crippen LogP contribution is -2.32. The third kappa shape index (κ3) is 5.69. The molecule has 8 heteroatoms. The molecule has 1 aromatic heterocycles. The van der Waals surface area contributed by atoms with Crippen LogP contribution in [0, 0.1) is 0 Å². The second kappa shape index (κ2) is 12.1. The number of rotatable bonds is 8. The first-order valence-corrected chi connectivity index (χ1v) is 14.8. The molecule has 0 spiro atoms. The lowest BCUT2D eigenvalue weighted by molar-refractivity contribution is -0.113. The number of aliphatic imine (C=N–C) groups is 1. The fourth-order valence-corrected chi connectivity index (χ4v) is 5.47. The molecule has 7 nitrogen and oxygen atoms in total. The van der Waals surface area contributed by atoms with Gasteiger partial charge in [0.25, 0.3) is 5.91 Å². The number of ether oxygens (including phenoxy) is 1. The molecule has 0 saturated heterocycles. The lowest BCUT2D eigenvalue weighted by Gasteiger charge is -2.19. The Morgan fingerprint density at radius 1 is 0.800 bits per heavy atom. The number of carbonyl (C=O) groups is 1. The van der Waals surface area contributed by atoms with E-state index in [1.54, 1.807) is 18.1 Å². The van der Waals surface area contributed by atoms with E-state index in [2.05, 4.69) is 16.0 Å². The predicted octanol–water partition coefficient (Wildman–Crippen LogP) is 8.27. The third-order valence-corrected chi connectivity index (χ3v) is 7.89. The molecule has 7 rings (SSSR count). The Bertz CT molecular complexity index is 2050. The number of halogens is 1. The normalized spacial score (nSPS) is 13.8. The van der Waals surface area contributed by atoms with Crippen molar-refractivity contribution in [3.05, 3.63) is 149 Å². The van der Waals surface area contributed by atoms with Crippen molar-refractivity contribution < 1.29 is 9.53 Å². The largest absolute Gasteiger partial charge is 0.497 e. The summed E-state index contributed by atoms with van der Waals surface area (Å²) in [5.41, 5.74) is 6.57. The molecule has 1 N–H and O–H groups in total. The summed E-state index contributed by atoms with van der Waals surface area (Å²) < 4.78 is 7.42. The molecule has 0 atom stereocenters. The van der Waals surface area contributed by atoms with Crippen molar-refractivity contribution in [3.8, 4) is 17.1 Å². The van der Waals surface area contributed by atoms with E-state index >= 15 is 0 Å². The zero-order chi connectivity index (χ0) is 30.8. The van der Waals surface area contributed by atoms with Gasteiger partial charge in [-0.25, -0.2) is 9.98 Å². The average Bonchev–Trinajstić information content (AvgIpc) is 3.62. The van der Waals surface area contributed by atoms with Crippen molar-refractivity contribution in [2.75, 3.05) is 17.3 Å². The van der Waals surface area contributed by atoms with E-state index in [1.165, 1.54) is 0 Å². The minimum atomic E-state index is -0.197. The number of hydrogen-bond donors (Lipinski definition) is 1. The van der Waals surface area contributed by atoms with Crippen molar-refractivity contribution in [1.29, 1.82) is 0 Å². The van der Waals surface area contributed by atoms with E-state index < -0.39 is 0 Å². The first-order chi connectivity index (χ1) is 22.1. The number of aromatic nitrogens is 2. The molecule has 0 fully saturated rings. The molecule has 0 unspecified atom stereocenters. The smallest absolute Gasteiger partial charge is 0.282 e. The Morgan fingerprint density at radius 2 is 1.51 bits per heavy atom. The third-order valence-electron chi connectivity index (χ3n) is 7.64. The van der Waals surface area contributed by atoms with E-state index in [9.17, 15) is 4.79 Å². The molecule has 0 saturated carbocycles. The number of methoxy groups -OCH3 is 1. The summed E-state index contributed by atoms with van der Waals surface area (Å²) in [5, 5.41) is 4.17. The fourth-order valence-electron chi connectivity index (χ4n) is 5.35. The highest BCUT2D eigenvalue weighted by Crippen LogP contribution is 2.31. The standard InChI is InChI=1S/C37H28ClN5O2/c1-45-31-21-11-25(12-22-31)23-33-37(44)43(36(41-33)26-7-3-2-4-8-26)30-19-13-27(14-20-30)35-40-32-9-5-6-10-34(32)42(35)24-39-29-17-15-28(38)16-18-29/h2-23,39H,24H2,1H3/b33-23+. The number of para-hydroxylation sites is 2. The molecule has 5 aromatic carbocycles. The van der Waals surface area contributed by atoms with Gasteiger partial charge in [-0.05, 0) is 84.4 Å². The number of imidazole rings is 1. The summed E-state index contributed by atoms with van der Waals surface area (Å²) in [6.07, 6.45) is 1.80. The first kappa shape index (κ1) is 28.1. The van der Waals surface area contributed by atoms with Gasteiger partial charge in [-0.15, -0.1) is 0 Å². The topological polar surface area (TPSA) is 71.8 Å². The summed E-state index contributed by atoms with van der Waals surface area (Å²) in [4.78, 5) is 25.3. The molecule has 220 valence electrons. The molecular formula is C37H28ClN5O2. The maximum atomic E-state index is 13.9. The van der Waals surface area contributed by atoms with Crippen molar-refractivity contribution in [1.82, 2.24) is 9.55 Å². The van der Waals surface area contributed by atoms with E-state index in [0.717, 1.165) is 45.0 Å². The van der Waals surface area contributed by atoms with Gasteiger partial charge in [0.2, 0.25) is 0 Å². The van der Waals surface area contributed by atoms with Crippen LogP contribution in [0.2, 0.25) is 5.02 Å². The fraction of sp³-hybridized carbons (Fsp3) is 0.0541. The molecule has 2 heterocycles. The second-order valence-corrected chi connectivity index (χ2v) is 10.9.